The highest BCUT2D eigenvalue weighted by Crippen LogP contribution is 2.47. The fraction of sp³-hybridized carbons (Fsp3) is 0.634. The second kappa shape index (κ2) is 16.5. The number of amides is 5. The predicted molar refractivity (Wildman–Crippen MR) is 213 cm³/mol. The first-order valence-electron chi connectivity index (χ1n) is 20.6. The van der Waals surface area contributed by atoms with Crippen LogP contribution in [0.2, 0.25) is 0 Å². The van der Waals surface area contributed by atoms with Crippen molar-refractivity contribution in [2.75, 3.05) is 13.7 Å². The van der Waals surface area contributed by atoms with Crippen LogP contribution < -0.4 is 30.1 Å². The molecule has 6 atom stereocenters. The van der Waals surface area contributed by atoms with E-state index < -0.39 is 74.1 Å². The standard InChI is InChI=1S/C41H55N7O9S/c1-24-37(45-32-20-28(56-4)16-17-30(32)42-24)57-29-21-33-35(50)46-41(39(53)47-58(54,55)40(3)18-19-40)22-27(41)14-8-6-5-7-9-15-31(38(52)48(33)23-29)44-36(51)34(43-25(2)49)26-12-10-11-13-26/h8,14,16-17,20,26-27,29,31,33-34H,5-7,9-13,15,18-19,21-23H2,1-4H3,(H,43,49)(H,44,51)(H,46,50)(H,47,53)/b14-8-/t27-,29-,31+,33+,34?,41-/m1/s1. The summed E-state index contributed by atoms with van der Waals surface area (Å²) in [5.41, 5.74) is 0.103. The quantitative estimate of drug-likeness (QED) is 0.256. The van der Waals surface area contributed by atoms with E-state index in [1.165, 1.54) is 11.8 Å². The molecule has 0 spiro atoms. The van der Waals surface area contributed by atoms with Crippen LogP contribution in [0.25, 0.3) is 11.0 Å². The van der Waals surface area contributed by atoms with Gasteiger partial charge < -0.3 is 30.3 Å². The largest absolute Gasteiger partial charge is 0.497 e. The SMILES string of the molecule is COc1ccc2nc(C)c(O[C@@H]3C[C@H]4C(=O)N[C@]5(C(=O)NS(=O)(=O)C6(C)CC6)C[C@H]5/C=C\CCCCC[C@H](NC(=O)C(NC(C)=O)C5CCCC5)C(=O)N4C3)nc2c1. The number of aryl methyl sites for hydroxylation is 1. The number of fused-ring (bicyclic) bond motifs is 3. The summed E-state index contributed by atoms with van der Waals surface area (Å²) in [7, 11) is -2.46. The summed E-state index contributed by atoms with van der Waals surface area (Å²) in [6.45, 7) is 4.65. The zero-order chi connectivity index (χ0) is 41.4. The number of nitrogens with one attached hydrogen (secondary N) is 4. The molecule has 17 heteroatoms. The van der Waals surface area contributed by atoms with Crippen LogP contribution in [-0.2, 0) is 34.0 Å². The summed E-state index contributed by atoms with van der Waals surface area (Å²) < 4.78 is 39.4. The van der Waals surface area contributed by atoms with Gasteiger partial charge in [0.25, 0.3) is 5.91 Å². The fourth-order valence-corrected chi connectivity index (χ4v) is 9.93. The lowest BCUT2D eigenvalue weighted by Gasteiger charge is -2.31. The summed E-state index contributed by atoms with van der Waals surface area (Å²) in [4.78, 5) is 80.2. The third-order valence-corrected chi connectivity index (χ3v) is 14.7. The number of hydrogen-bond acceptors (Lipinski definition) is 11. The van der Waals surface area contributed by atoms with Crippen LogP contribution in [0.3, 0.4) is 0 Å². The van der Waals surface area contributed by atoms with Crippen LogP contribution in [0, 0.1) is 18.8 Å². The molecule has 1 saturated heterocycles. The van der Waals surface area contributed by atoms with Gasteiger partial charge in [0, 0.05) is 25.3 Å². The molecule has 58 heavy (non-hydrogen) atoms. The van der Waals surface area contributed by atoms with E-state index in [2.05, 4.69) is 25.7 Å². The number of nitrogens with zero attached hydrogens (tertiary/aromatic N) is 3. The Labute approximate surface area is 339 Å². The van der Waals surface area contributed by atoms with Gasteiger partial charge in [0.05, 0.1) is 29.4 Å². The summed E-state index contributed by atoms with van der Waals surface area (Å²) >= 11 is 0. The first-order valence-corrected chi connectivity index (χ1v) is 22.0. The normalized spacial score (nSPS) is 28.4. The average molecular weight is 822 g/mol. The summed E-state index contributed by atoms with van der Waals surface area (Å²) in [6.07, 6.45) is 10.6. The van der Waals surface area contributed by atoms with Crippen LogP contribution in [0.1, 0.15) is 103 Å². The van der Waals surface area contributed by atoms with Gasteiger partial charge in [0.15, 0.2) is 0 Å². The topological polar surface area (TPSA) is 215 Å². The number of rotatable bonds is 10. The number of aromatic nitrogens is 2. The summed E-state index contributed by atoms with van der Waals surface area (Å²) in [5.74, 6) is -2.48. The molecule has 3 aliphatic carbocycles. The van der Waals surface area contributed by atoms with Crippen molar-refractivity contribution in [3.8, 4) is 11.6 Å². The first kappa shape index (κ1) is 41.4. The van der Waals surface area contributed by atoms with Gasteiger partial charge in [-0.3, -0.25) is 28.7 Å². The van der Waals surface area contributed by atoms with Crippen molar-refractivity contribution in [1.82, 2.24) is 35.5 Å². The Hall–Kier alpha value is -4.80. The van der Waals surface area contributed by atoms with Crippen LogP contribution in [0.5, 0.6) is 11.6 Å². The molecule has 16 nitrogen and oxygen atoms in total. The summed E-state index contributed by atoms with van der Waals surface area (Å²) in [6, 6.07) is 2.31. The van der Waals surface area contributed by atoms with Gasteiger partial charge in [-0.25, -0.2) is 18.4 Å². The van der Waals surface area contributed by atoms with Crippen LogP contribution in [0.15, 0.2) is 30.4 Å². The molecule has 1 aromatic carbocycles. The number of ether oxygens (including phenoxy) is 2. The van der Waals surface area contributed by atoms with E-state index >= 15 is 0 Å². The molecule has 1 unspecified atom stereocenters. The van der Waals surface area contributed by atoms with Gasteiger partial charge in [-0.1, -0.05) is 37.8 Å². The van der Waals surface area contributed by atoms with Crippen molar-refractivity contribution in [2.45, 2.75) is 139 Å². The monoisotopic (exact) mass is 821 g/mol. The number of sulfonamides is 1. The van der Waals surface area contributed by atoms with E-state index in [-0.39, 0.29) is 37.1 Å². The lowest BCUT2D eigenvalue weighted by atomic mass is 9.96. The van der Waals surface area contributed by atoms with E-state index in [0.717, 1.165) is 38.5 Å². The maximum Gasteiger partial charge on any atom is 0.259 e. The fourth-order valence-electron chi connectivity index (χ4n) is 8.62. The molecule has 4 fully saturated rings. The molecule has 5 aliphatic rings. The Balaban J connectivity index is 1.20. The lowest BCUT2D eigenvalue weighted by molar-refractivity contribution is -0.143. The molecule has 0 radical (unpaired) electrons. The average Bonchev–Trinajstić information content (AvgIpc) is 3.93. The smallest absolute Gasteiger partial charge is 0.259 e. The molecular formula is C41H55N7O9S. The molecular weight excluding hydrogens is 767 g/mol. The van der Waals surface area contributed by atoms with Crippen LogP contribution >= 0.6 is 0 Å². The molecule has 2 aliphatic heterocycles. The molecule has 3 saturated carbocycles. The van der Waals surface area contributed by atoms with Gasteiger partial charge in [0.2, 0.25) is 39.5 Å². The molecule has 5 amide bonds. The van der Waals surface area contributed by atoms with Gasteiger partial charge in [-0.15, -0.1) is 0 Å². The van der Waals surface area contributed by atoms with Crippen LogP contribution in [-0.4, -0.2) is 101 Å². The Kier molecular flexibility index (Phi) is 11.7. The minimum atomic E-state index is -4.01. The molecule has 2 aromatic rings. The molecule has 0 bridgehead atoms. The number of benzene rings is 1. The molecule has 7 rings (SSSR count). The molecule has 314 valence electrons. The highest BCUT2D eigenvalue weighted by Gasteiger charge is 2.63. The number of methoxy groups -OCH3 is 1. The Morgan fingerprint density at radius 3 is 2.47 bits per heavy atom. The van der Waals surface area contributed by atoms with Crippen molar-refractivity contribution < 1.29 is 41.9 Å². The Morgan fingerprint density at radius 1 is 1.02 bits per heavy atom. The zero-order valence-corrected chi connectivity index (χ0v) is 34.5. The zero-order valence-electron chi connectivity index (χ0n) is 33.7. The second-order valence-corrected chi connectivity index (χ2v) is 19.2. The van der Waals surface area contributed by atoms with E-state index in [0.29, 0.717) is 54.6 Å². The van der Waals surface area contributed by atoms with Gasteiger partial charge >= 0.3 is 0 Å². The minimum absolute atomic E-state index is 0.0146. The van der Waals surface area contributed by atoms with Crippen molar-refractivity contribution in [1.29, 1.82) is 0 Å². The van der Waals surface area contributed by atoms with E-state index in [9.17, 15) is 32.4 Å². The number of carbonyl (C=O) groups is 5. The highest BCUT2D eigenvalue weighted by molar-refractivity contribution is 7.91. The van der Waals surface area contributed by atoms with E-state index in [4.69, 9.17) is 14.5 Å². The third-order valence-electron chi connectivity index (χ3n) is 12.6. The predicted octanol–water partition coefficient (Wildman–Crippen LogP) is 2.87. The van der Waals surface area contributed by atoms with Gasteiger partial charge in [-0.2, -0.15) is 0 Å². The van der Waals surface area contributed by atoms with Crippen molar-refractivity contribution in [3.63, 3.8) is 0 Å². The number of carbonyl (C=O) groups excluding carboxylic acids is 5. The van der Waals surface area contributed by atoms with Gasteiger partial charge in [0.1, 0.15) is 41.2 Å². The molecule has 1 aromatic heterocycles. The number of allylic oxidation sites excluding steroid dienone is 1. The van der Waals surface area contributed by atoms with Gasteiger partial charge in [-0.05, 0) is 83.3 Å². The maximum atomic E-state index is 14.8. The highest BCUT2D eigenvalue weighted by atomic mass is 32.2. The van der Waals surface area contributed by atoms with E-state index in [1.54, 1.807) is 39.2 Å². The van der Waals surface area contributed by atoms with Crippen molar-refractivity contribution in [3.05, 3.63) is 36.0 Å². The first-order chi connectivity index (χ1) is 27.6. The molecule has 3 heterocycles. The summed E-state index contributed by atoms with van der Waals surface area (Å²) in [5, 5.41) is 8.68. The Morgan fingerprint density at radius 2 is 1.76 bits per heavy atom. The second-order valence-electron chi connectivity index (χ2n) is 17.0. The maximum absolute atomic E-state index is 14.8. The Bertz CT molecular complexity index is 2100. The van der Waals surface area contributed by atoms with Crippen LogP contribution in [0.4, 0.5) is 0 Å². The third kappa shape index (κ3) is 8.64. The molecule has 4 N–H and O–H groups in total. The minimum Gasteiger partial charge on any atom is -0.497 e. The van der Waals surface area contributed by atoms with E-state index in [1.807, 2.05) is 12.2 Å². The van der Waals surface area contributed by atoms with Crippen molar-refractivity contribution >= 4 is 50.6 Å². The number of hydrogen-bond donors (Lipinski definition) is 4. The van der Waals surface area contributed by atoms with Crippen molar-refractivity contribution in [2.24, 2.45) is 11.8 Å². The lowest BCUT2D eigenvalue weighted by Crippen LogP contribution is -2.60.